The SMILES string of the molecule is CC1CCCCN1c1c([N+](=O)[O-])cc(C(=O)O)cc1[N+](=O)[O-]. The summed E-state index contributed by atoms with van der Waals surface area (Å²) in [5, 5.41) is 31.6. The van der Waals surface area contributed by atoms with Crippen LogP contribution >= 0.6 is 0 Å². The minimum atomic E-state index is -1.44. The second-order valence-electron chi connectivity index (χ2n) is 5.22. The molecule has 1 aliphatic rings. The summed E-state index contributed by atoms with van der Waals surface area (Å²) in [6.07, 6.45) is 2.50. The number of nitro groups is 2. The van der Waals surface area contributed by atoms with Gasteiger partial charge in [0.25, 0.3) is 0 Å². The first-order valence-corrected chi connectivity index (χ1v) is 6.79. The van der Waals surface area contributed by atoms with Gasteiger partial charge in [-0.15, -0.1) is 0 Å². The van der Waals surface area contributed by atoms with Crippen molar-refractivity contribution in [3.8, 4) is 0 Å². The number of carboxylic acid groups (broad SMARTS) is 1. The summed E-state index contributed by atoms with van der Waals surface area (Å²) in [5.41, 5.74) is -1.65. The Kier molecular flexibility index (Phi) is 4.25. The highest BCUT2D eigenvalue weighted by molar-refractivity contribution is 5.92. The van der Waals surface area contributed by atoms with Gasteiger partial charge in [0.15, 0.2) is 5.69 Å². The Morgan fingerprint density at radius 3 is 2.18 bits per heavy atom. The lowest BCUT2D eigenvalue weighted by molar-refractivity contribution is -0.392. The molecule has 0 aromatic heterocycles. The maximum absolute atomic E-state index is 11.3. The number of benzene rings is 1. The van der Waals surface area contributed by atoms with Gasteiger partial charge in [-0.2, -0.15) is 0 Å². The Labute approximate surface area is 125 Å². The average Bonchev–Trinajstić information content (AvgIpc) is 2.46. The molecule has 22 heavy (non-hydrogen) atoms. The van der Waals surface area contributed by atoms with Crippen molar-refractivity contribution in [1.29, 1.82) is 0 Å². The summed E-state index contributed by atoms with van der Waals surface area (Å²) in [7, 11) is 0. The Bertz CT molecular complexity index is 610. The summed E-state index contributed by atoms with van der Waals surface area (Å²) < 4.78 is 0. The number of aromatic carboxylic acids is 1. The number of hydrogen-bond donors (Lipinski definition) is 1. The Hall–Kier alpha value is -2.71. The Morgan fingerprint density at radius 1 is 1.23 bits per heavy atom. The molecule has 9 nitrogen and oxygen atoms in total. The molecular weight excluding hydrogens is 294 g/mol. The fourth-order valence-electron chi connectivity index (χ4n) is 2.73. The van der Waals surface area contributed by atoms with E-state index in [1.165, 1.54) is 0 Å². The Morgan fingerprint density at radius 2 is 1.77 bits per heavy atom. The molecule has 0 saturated carbocycles. The van der Waals surface area contributed by atoms with E-state index in [9.17, 15) is 25.0 Å². The van der Waals surface area contributed by atoms with Crippen molar-refractivity contribution in [1.82, 2.24) is 0 Å². The van der Waals surface area contributed by atoms with Gasteiger partial charge in [0.2, 0.25) is 0 Å². The summed E-state index contributed by atoms with van der Waals surface area (Å²) in [6.45, 7) is 2.31. The number of hydrogen-bond acceptors (Lipinski definition) is 6. The highest BCUT2D eigenvalue weighted by atomic mass is 16.6. The molecule has 1 saturated heterocycles. The lowest BCUT2D eigenvalue weighted by Gasteiger charge is -2.34. The van der Waals surface area contributed by atoms with Crippen LogP contribution in [0, 0.1) is 20.2 Å². The summed E-state index contributed by atoms with van der Waals surface area (Å²) in [5.74, 6) is -1.44. The van der Waals surface area contributed by atoms with Crippen LogP contribution in [0.25, 0.3) is 0 Å². The van der Waals surface area contributed by atoms with Crippen LogP contribution in [0.5, 0.6) is 0 Å². The zero-order valence-corrected chi connectivity index (χ0v) is 11.9. The van der Waals surface area contributed by atoms with Crippen molar-refractivity contribution in [2.45, 2.75) is 32.2 Å². The molecule has 1 aliphatic heterocycles. The summed E-state index contributed by atoms with van der Waals surface area (Å²) in [6, 6.07) is 1.68. The Balaban J connectivity index is 2.70. The minimum Gasteiger partial charge on any atom is -0.478 e. The van der Waals surface area contributed by atoms with Crippen LogP contribution in [0.1, 0.15) is 36.5 Å². The standard InChI is InChI=1S/C13H15N3O6/c1-8-4-2-3-5-14(8)12-10(15(19)20)6-9(13(17)18)7-11(12)16(21)22/h6-8H,2-5H2,1H3,(H,17,18). The van der Waals surface area contributed by atoms with Gasteiger partial charge >= 0.3 is 17.3 Å². The molecule has 0 amide bonds. The molecule has 0 bridgehead atoms. The maximum atomic E-state index is 11.3. The molecule has 9 heteroatoms. The molecule has 1 aromatic carbocycles. The van der Waals surface area contributed by atoms with Crippen LogP contribution in [-0.4, -0.2) is 33.5 Å². The van der Waals surface area contributed by atoms with Gasteiger partial charge in [0.1, 0.15) is 0 Å². The smallest absolute Gasteiger partial charge is 0.336 e. The van der Waals surface area contributed by atoms with E-state index in [4.69, 9.17) is 5.11 Å². The first-order valence-electron chi connectivity index (χ1n) is 6.79. The van der Waals surface area contributed by atoms with Crippen molar-refractivity contribution in [3.05, 3.63) is 37.9 Å². The van der Waals surface area contributed by atoms with Crippen LogP contribution in [0.2, 0.25) is 0 Å². The zero-order valence-electron chi connectivity index (χ0n) is 11.9. The lowest BCUT2D eigenvalue weighted by atomic mass is 10.0. The molecule has 1 atom stereocenters. The number of rotatable bonds is 4. The van der Waals surface area contributed by atoms with Crippen LogP contribution < -0.4 is 4.90 Å². The summed E-state index contributed by atoms with van der Waals surface area (Å²) in [4.78, 5) is 33.7. The molecule has 1 unspecified atom stereocenters. The zero-order chi connectivity index (χ0) is 16.4. The number of nitrogens with zero attached hydrogens (tertiary/aromatic N) is 3. The molecule has 2 rings (SSSR count). The fourth-order valence-corrected chi connectivity index (χ4v) is 2.73. The predicted octanol–water partition coefficient (Wildman–Crippen LogP) is 2.58. The fraction of sp³-hybridized carbons (Fsp3) is 0.462. The van der Waals surface area contributed by atoms with Crippen molar-refractivity contribution in [3.63, 3.8) is 0 Å². The van der Waals surface area contributed by atoms with E-state index >= 15 is 0 Å². The van der Waals surface area contributed by atoms with Crippen molar-refractivity contribution >= 4 is 23.0 Å². The van der Waals surface area contributed by atoms with E-state index in [0.717, 1.165) is 31.4 Å². The molecule has 118 valence electrons. The van der Waals surface area contributed by atoms with E-state index in [2.05, 4.69) is 0 Å². The van der Waals surface area contributed by atoms with Gasteiger partial charge in [0, 0.05) is 24.7 Å². The number of piperidine rings is 1. The minimum absolute atomic E-state index is 0.0816. The van der Waals surface area contributed by atoms with Gasteiger partial charge in [-0.05, 0) is 26.2 Å². The predicted molar refractivity (Wildman–Crippen MR) is 77.4 cm³/mol. The molecular formula is C13H15N3O6. The third-order valence-electron chi connectivity index (χ3n) is 3.80. The first-order chi connectivity index (χ1) is 10.3. The number of anilines is 1. The molecule has 1 heterocycles. The molecule has 1 fully saturated rings. The summed E-state index contributed by atoms with van der Waals surface area (Å²) >= 11 is 0. The largest absolute Gasteiger partial charge is 0.478 e. The van der Waals surface area contributed by atoms with Crippen molar-refractivity contribution in [2.75, 3.05) is 11.4 Å². The van der Waals surface area contributed by atoms with Gasteiger partial charge in [-0.3, -0.25) is 20.2 Å². The molecule has 0 spiro atoms. The monoisotopic (exact) mass is 309 g/mol. The third-order valence-corrected chi connectivity index (χ3v) is 3.80. The quantitative estimate of drug-likeness (QED) is 0.668. The normalized spacial score (nSPS) is 18.0. The average molecular weight is 309 g/mol. The van der Waals surface area contributed by atoms with Crippen LogP contribution in [0.15, 0.2) is 12.1 Å². The number of carbonyl (C=O) groups is 1. The van der Waals surface area contributed by atoms with E-state index < -0.39 is 32.8 Å². The highest BCUT2D eigenvalue weighted by Gasteiger charge is 2.35. The lowest BCUT2D eigenvalue weighted by Crippen LogP contribution is -2.38. The van der Waals surface area contributed by atoms with Crippen LogP contribution in [0.4, 0.5) is 17.1 Å². The second kappa shape index (κ2) is 5.96. The van der Waals surface area contributed by atoms with E-state index in [1.54, 1.807) is 4.90 Å². The van der Waals surface area contributed by atoms with Gasteiger partial charge in [-0.25, -0.2) is 4.79 Å². The van der Waals surface area contributed by atoms with Crippen molar-refractivity contribution in [2.24, 2.45) is 0 Å². The number of carboxylic acids is 1. The van der Waals surface area contributed by atoms with Crippen molar-refractivity contribution < 1.29 is 19.7 Å². The second-order valence-corrected chi connectivity index (χ2v) is 5.22. The number of nitro benzene ring substituents is 2. The third kappa shape index (κ3) is 2.83. The van der Waals surface area contributed by atoms with Gasteiger partial charge in [0.05, 0.1) is 15.4 Å². The van der Waals surface area contributed by atoms with Crippen LogP contribution in [-0.2, 0) is 0 Å². The molecule has 1 N–H and O–H groups in total. The van der Waals surface area contributed by atoms with Crippen LogP contribution in [0.3, 0.4) is 0 Å². The topological polar surface area (TPSA) is 127 Å². The van der Waals surface area contributed by atoms with E-state index in [1.807, 2.05) is 6.92 Å². The first kappa shape index (κ1) is 15.7. The highest BCUT2D eigenvalue weighted by Crippen LogP contribution is 2.41. The molecule has 0 aliphatic carbocycles. The van der Waals surface area contributed by atoms with E-state index in [0.29, 0.717) is 6.54 Å². The maximum Gasteiger partial charge on any atom is 0.336 e. The van der Waals surface area contributed by atoms with Gasteiger partial charge in [-0.1, -0.05) is 0 Å². The molecule has 1 aromatic rings. The van der Waals surface area contributed by atoms with Gasteiger partial charge < -0.3 is 10.0 Å². The molecule has 0 radical (unpaired) electrons. The van der Waals surface area contributed by atoms with E-state index in [-0.39, 0.29) is 11.7 Å².